The molecule has 2 heterocycles. The molecule has 20 heavy (non-hydrogen) atoms. The molecule has 5 nitrogen and oxygen atoms in total. The minimum absolute atomic E-state index is 0.0658. The van der Waals surface area contributed by atoms with E-state index in [1.54, 1.807) is 24.3 Å². The van der Waals surface area contributed by atoms with Crippen molar-refractivity contribution in [3.05, 3.63) is 35.4 Å². The highest BCUT2D eigenvalue weighted by Gasteiger charge is 2.39. The molecular weight excluding hydrogens is 256 g/mol. The summed E-state index contributed by atoms with van der Waals surface area (Å²) in [7, 11) is 0. The molecule has 1 aromatic carbocycles. The topological polar surface area (TPSA) is 66.5 Å². The van der Waals surface area contributed by atoms with Crippen LogP contribution in [-0.4, -0.2) is 42.1 Å². The van der Waals surface area contributed by atoms with Gasteiger partial charge in [0, 0.05) is 31.5 Å². The molecule has 2 atom stereocenters. The molecule has 0 aliphatic carbocycles. The third kappa shape index (κ3) is 1.94. The van der Waals surface area contributed by atoms with E-state index in [9.17, 15) is 14.4 Å². The Morgan fingerprint density at radius 3 is 2.30 bits per heavy atom. The first kappa shape index (κ1) is 13.0. The van der Waals surface area contributed by atoms with Crippen molar-refractivity contribution < 1.29 is 14.4 Å². The number of ketones is 1. The maximum absolute atomic E-state index is 12.2. The second-order valence-corrected chi connectivity index (χ2v) is 5.43. The smallest absolute Gasteiger partial charge is 0.261 e. The monoisotopic (exact) mass is 272 g/mol. The van der Waals surface area contributed by atoms with Gasteiger partial charge in [-0.2, -0.15) is 0 Å². The third-order valence-corrected chi connectivity index (χ3v) is 4.01. The molecule has 104 valence electrons. The molecule has 3 rings (SSSR count). The molecule has 0 spiro atoms. The van der Waals surface area contributed by atoms with E-state index in [4.69, 9.17) is 0 Å². The normalized spacial score (nSPS) is 26.1. The Morgan fingerprint density at radius 1 is 1.10 bits per heavy atom. The zero-order valence-electron chi connectivity index (χ0n) is 11.3. The summed E-state index contributed by atoms with van der Waals surface area (Å²) in [6.07, 6.45) is 0. The number of carbonyl (C=O) groups excluding carboxylic acids is 3. The van der Waals surface area contributed by atoms with Gasteiger partial charge in [-0.25, -0.2) is 0 Å². The van der Waals surface area contributed by atoms with Gasteiger partial charge >= 0.3 is 0 Å². The first-order valence-electron chi connectivity index (χ1n) is 6.79. The Balaban J connectivity index is 1.81. The molecule has 2 amide bonds. The van der Waals surface area contributed by atoms with Crippen molar-refractivity contribution in [2.45, 2.75) is 6.92 Å². The van der Waals surface area contributed by atoms with Crippen LogP contribution in [-0.2, 0) is 4.79 Å². The lowest BCUT2D eigenvalue weighted by molar-refractivity contribution is -0.127. The van der Waals surface area contributed by atoms with Crippen LogP contribution in [0.5, 0.6) is 0 Å². The Hall–Kier alpha value is -2.01. The number of carbonyl (C=O) groups is 3. The van der Waals surface area contributed by atoms with Crippen LogP contribution in [0.15, 0.2) is 24.3 Å². The van der Waals surface area contributed by atoms with Crippen LogP contribution < -0.4 is 5.32 Å². The molecule has 1 fully saturated rings. The van der Waals surface area contributed by atoms with Gasteiger partial charge in [0.2, 0.25) is 0 Å². The predicted octanol–water partition coefficient (Wildman–Crippen LogP) is 0.707. The zero-order chi connectivity index (χ0) is 14.3. The first-order valence-corrected chi connectivity index (χ1v) is 6.79. The van der Waals surface area contributed by atoms with Crippen molar-refractivity contribution in [2.24, 2.45) is 11.8 Å². The Morgan fingerprint density at radius 2 is 1.70 bits per heavy atom. The number of amides is 2. The summed E-state index contributed by atoms with van der Waals surface area (Å²) in [5.41, 5.74) is 0.864. The summed E-state index contributed by atoms with van der Waals surface area (Å²) in [5, 5.41) is 3.17. The summed E-state index contributed by atoms with van der Waals surface area (Å²) >= 11 is 0. The maximum atomic E-state index is 12.2. The van der Waals surface area contributed by atoms with E-state index in [0.29, 0.717) is 24.2 Å². The number of nitrogens with zero attached hydrogens (tertiary/aromatic N) is 1. The number of imide groups is 1. The number of Topliss-reactive ketones (excluding diaryl/α,β-unsaturated/α-hetero) is 1. The van der Waals surface area contributed by atoms with Crippen LogP contribution in [0.2, 0.25) is 0 Å². The predicted molar refractivity (Wildman–Crippen MR) is 72.3 cm³/mol. The minimum Gasteiger partial charge on any atom is -0.315 e. The van der Waals surface area contributed by atoms with E-state index >= 15 is 0 Å². The Kier molecular flexibility index (Phi) is 3.14. The van der Waals surface area contributed by atoms with E-state index in [2.05, 4.69) is 5.32 Å². The Bertz CT molecular complexity index is 562. The van der Waals surface area contributed by atoms with Crippen LogP contribution in [0.25, 0.3) is 0 Å². The SMILES string of the molecule is CC1CNCC(CN2C(=O)c3ccccc3C2=O)C1=O. The summed E-state index contributed by atoms with van der Waals surface area (Å²) < 4.78 is 0. The van der Waals surface area contributed by atoms with E-state index in [1.165, 1.54) is 4.90 Å². The van der Waals surface area contributed by atoms with Gasteiger partial charge in [-0.1, -0.05) is 19.1 Å². The molecular formula is C15H16N2O3. The largest absolute Gasteiger partial charge is 0.315 e. The van der Waals surface area contributed by atoms with E-state index in [-0.39, 0.29) is 36.0 Å². The van der Waals surface area contributed by atoms with Crippen molar-refractivity contribution in [3.63, 3.8) is 0 Å². The standard InChI is InChI=1S/C15H16N2O3/c1-9-6-16-7-10(13(9)18)8-17-14(19)11-4-2-3-5-12(11)15(17)20/h2-5,9-10,16H,6-8H2,1H3. The van der Waals surface area contributed by atoms with Gasteiger partial charge in [0.1, 0.15) is 5.78 Å². The lowest BCUT2D eigenvalue weighted by Crippen LogP contribution is -2.48. The van der Waals surface area contributed by atoms with Gasteiger partial charge in [0.15, 0.2) is 0 Å². The highest BCUT2D eigenvalue weighted by molar-refractivity contribution is 6.21. The summed E-state index contributed by atoms with van der Waals surface area (Å²) in [6.45, 7) is 3.22. The van der Waals surface area contributed by atoms with Crippen LogP contribution >= 0.6 is 0 Å². The Labute approximate surface area is 116 Å². The van der Waals surface area contributed by atoms with Gasteiger partial charge in [0.25, 0.3) is 11.8 Å². The average Bonchev–Trinajstić information content (AvgIpc) is 2.69. The van der Waals surface area contributed by atoms with Gasteiger partial charge < -0.3 is 5.32 Å². The highest BCUT2D eigenvalue weighted by Crippen LogP contribution is 2.24. The number of rotatable bonds is 2. The van der Waals surface area contributed by atoms with Crippen LogP contribution in [0.1, 0.15) is 27.6 Å². The fraction of sp³-hybridized carbons (Fsp3) is 0.400. The molecule has 0 bridgehead atoms. The van der Waals surface area contributed by atoms with Gasteiger partial charge in [-0.05, 0) is 12.1 Å². The van der Waals surface area contributed by atoms with Gasteiger partial charge in [-0.15, -0.1) is 0 Å². The minimum atomic E-state index is -0.305. The second-order valence-electron chi connectivity index (χ2n) is 5.43. The number of piperidine rings is 1. The molecule has 2 unspecified atom stereocenters. The molecule has 5 heteroatoms. The summed E-state index contributed by atoms with van der Waals surface area (Å²) in [6, 6.07) is 6.78. The number of hydrogen-bond donors (Lipinski definition) is 1. The van der Waals surface area contributed by atoms with E-state index in [1.807, 2.05) is 6.92 Å². The van der Waals surface area contributed by atoms with Crippen LogP contribution in [0, 0.1) is 11.8 Å². The highest BCUT2D eigenvalue weighted by atomic mass is 16.2. The number of benzene rings is 1. The van der Waals surface area contributed by atoms with Crippen molar-refractivity contribution in [2.75, 3.05) is 19.6 Å². The molecule has 0 radical (unpaired) electrons. The van der Waals surface area contributed by atoms with E-state index < -0.39 is 0 Å². The maximum Gasteiger partial charge on any atom is 0.261 e. The van der Waals surface area contributed by atoms with Crippen molar-refractivity contribution in [1.82, 2.24) is 10.2 Å². The number of fused-ring (bicyclic) bond motifs is 1. The first-order chi connectivity index (χ1) is 9.59. The quantitative estimate of drug-likeness (QED) is 0.805. The van der Waals surface area contributed by atoms with Crippen molar-refractivity contribution in [3.8, 4) is 0 Å². The third-order valence-electron chi connectivity index (χ3n) is 4.01. The summed E-state index contributed by atoms with van der Waals surface area (Å²) in [4.78, 5) is 37.8. The average molecular weight is 272 g/mol. The molecule has 2 aliphatic rings. The molecule has 1 aromatic rings. The van der Waals surface area contributed by atoms with Crippen LogP contribution in [0.4, 0.5) is 0 Å². The molecule has 0 aromatic heterocycles. The lowest BCUT2D eigenvalue weighted by Gasteiger charge is -2.28. The second kappa shape index (κ2) is 4.83. The van der Waals surface area contributed by atoms with Gasteiger partial charge in [-0.3, -0.25) is 19.3 Å². The van der Waals surface area contributed by atoms with Crippen molar-refractivity contribution >= 4 is 17.6 Å². The fourth-order valence-electron chi connectivity index (χ4n) is 2.86. The summed E-state index contributed by atoms with van der Waals surface area (Å²) in [5.74, 6) is -0.835. The molecule has 2 aliphatic heterocycles. The molecule has 1 saturated heterocycles. The number of hydrogen-bond acceptors (Lipinski definition) is 4. The fourth-order valence-corrected chi connectivity index (χ4v) is 2.86. The van der Waals surface area contributed by atoms with E-state index in [0.717, 1.165) is 0 Å². The van der Waals surface area contributed by atoms with Crippen molar-refractivity contribution in [1.29, 1.82) is 0 Å². The number of nitrogens with one attached hydrogen (secondary N) is 1. The van der Waals surface area contributed by atoms with Gasteiger partial charge in [0.05, 0.1) is 11.1 Å². The molecule has 1 N–H and O–H groups in total. The van der Waals surface area contributed by atoms with Crippen LogP contribution in [0.3, 0.4) is 0 Å². The lowest BCUT2D eigenvalue weighted by atomic mass is 9.90. The zero-order valence-corrected chi connectivity index (χ0v) is 11.3. The molecule has 0 saturated carbocycles.